The van der Waals surface area contributed by atoms with Crippen molar-refractivity contribution in [2.24, 2.45) is 0 Å². The lowest BCUT2D eigenvalue weighted by molar-refractivity contribution is -0.670. The second-order valence-corrected chi connectivity index (χ2v) is 4.91. The lowest BCUT2D eigenvalue weighted by Gasteiger charge is -2.08. The smallest absolute Gasteiger partial charge is 0.127 e. The van der Waals surface area contributed by atoms with Gasteiger partial charge in [0.25, 0.3) is 0 Å². The van der Waals surface area contributed by atoms with Crippen molar-refractivity contribution in [1.29, 1.82) is 0 Å². The van der Waals surface area contributed by atoms with Crippen molar-refractivity contribution < 1.29 is 10.1 Å². The maximum atomic E-state index is 6.01. The molecule has 3 heteroatoms. The van der Waals surface area contributed by atoms with E-state index in [0.717, 1.165) is 35.8 Å². The monoisotopic (exact) mass is 276 g/mol. The zero-order chi connectivity index (χ0) is 13.5. The zero-order valence-electron chi connectivity index (χ0n) is 11.1. The van der Waals surface area contributed by atoms with Crippen LogP contribution in [-0.2, 0) is 13.0 Å². The number of methoxy groups -OCH3 is 1. The summed E-state index contributed by atoms with van der Waals surface area (Å²) < 4.78 is 5.34. The van der Waals surface area contributed by atoms with Gasteiger partial charge in [0.15, 0.2) is 0 Å². The molecule has 0 spiro atoms. The predicted octanol–water partition coefficient (Wildman–Crippen LogP) is 2.65. The average Bonchev–Trinajstić information content (AvgIpc) is 2.45. The Morgan fingerprint density at radius 1 is 1.11 bits per heavy atom. The molecular formula is C16H19ClNO+. The van der Waals surface area contributed by atoms with Gasteiger partial charge >= 0.3 is 0 Å². The number of hydrogen-bond donors (Lipinski definition) is 1. The van der Waals surface area contributed by atoms with Gasteiger partial charge in [0.05, 0.1) is 13.7 Å². The predicted molar refractivity (Wildman–Crippen MR) is 78.6 cm³/mol. The molecule has 0 aromatic heterocycles. The Labute approximate surface area is 119 Å². The van der Waals surface area contributed by atoms with Gasteiger partial charge in [-0.25, -0.2) is 0 Å². The quantitative estimate of drug-likeness (QED) is 0.807. The van der Waals surface area contributed by atoms with E-state index in [1.54, 1.807) is 7.11 Å². The second kappa shape index (κ2) is 7.17. The van der Waals surface area contributed by atoms with Crippen LogP contribution in [0.2, 0.25) is 5.02 Å². The van der Waals surface area contributed by atoms with Crippen molar-refractivity contribution in [1.82, 2.24) is 0 Å². The minimum atomic E-state index is 0.757. The van der Waals surface area contributed by atoms with Crippen LogP contribution in [0.4, 0.5) is 0 Å². The standard InChI is InChI=1S/C16H18ClNO/c1-19-16-8-7-15(17)11-14(16)12-18-10-9-13-5-3-2-4-6-13/h2-8,11,18H,9-10,12H2,1H3/p+1. The molecule has 0 heterocycles. The molecule has 0 fully saturated rings. The summed E-state index contributed by atoms with van der Waals surface area (Å²) in [6.45, 7) is 1.94. The number of quaternary nitrogens is 1. The molecule has 0 aliphatic carbocycles. The molecule has 0 amide bonds. The molecule has 0 unspecified atom stereocenters. The fourth-order valence-corrected chi connectivity index (χ4v) is 2.27. The van der Waals surface area contributed by atoms with Gasteiger partial charge in [-0.1, -0.05) is 41.9 Å². The van der Waals surface area contributed by atoms with E-state index in [1.165, 1.54) is 5.56 Å². The molecule has 100 valence electrons. The highest BCUT2D eigenvalue weighted by Crippen LogP contribution is 2.21. The molecule has 19 heavy (non-hydrogen) atoms. The molecule has 2 rings (SSSR count). The Morgan fingerprint density at radius 2 is 1.89 bits per heavy atom. The van der Waals surface area contributed by atoms with Crippen molar-refractivity contribution in [2.45, 2.75) is 13.0 Å². The Kier molecular flexibility index (Phi) is 5.25. The molecule has 0 aliphatic rings. The van der Waals surface area contributed by atoms with Gasteiger partial charge in [-0.2, -0.15) is 0 Å². The maximum Gasteiger partial charge on any atom is 0.127 e. The van der Waals surface area contributed by atoms with Crippen LogP contribution in [0.15, 0.2) is 48.5 Å². The molecule has 2 aromatic rings. The van der Waals surface area contributed by atoms with E-state index in [0.29, 0.717) is 0 Å². The lowest BCUT2D eigenvalue weighted by atomic mass is 10.1. The van der Waals surface area contributed by atoms with Crippen molar-refractivity contribution in [3.05, 3.63) is 64.7 Å². The first-order chi connectivity index (χ1) is 9.29. The van der Waals surface area contributed by atoms with Crippen LogP contribution in [0.5, 0.6) is 5.75 Å². The first-order valence-electron chi connectivity index (χ1n) is 6.47. The molecule has 2 aromatic carbocycles. The number of ether oxygens (including phenoxy) is 1. The summed E-state index contributed by atoms with van der Waals surface area (Å²) >= 11 is 6.01. The van der Waals surface area contributed by atoms with Crippen molar-refractivity contribution in [3.8, 4) is 5.75 Å². The first kappa shape index (κ1) is 13.9. The minimum Gasteiger partial charge on any atom is -0.496 e. The van der Waals surface area contributed by atoms with Crippen LogP contribution in [-0.4, -0.2) is 13.7 Å². The van der Waals surface area contributed by atoms with Crippen LogP contribution in [0, 0.1) is 0 Å². The fourth-order valence-electron chi connectivity index (χ4n) is 2.08. The molecule has 0 radical (unpaired) electrons. The summed E-state index contributed by atoms with van der Waals surface area (Å²) in [6.07, 6.45) is 1.07. The fraction of sp³-hybridized carbons (Fsp3) is 0.250. The molecular weight excluding hydrogens is 258 g/mol. The van der Waals surface area contributed by atoms with Crippen LogP contribution in [0.3, 0.4) is 0 Å². The topological polar surface area (TPSA) is 25.8 Å². The molecule has 0 aliphatic heterocycles. The van der Waals surface area contributed by atoms with E-state index in [2.05, 4.69) is 29.6 Å². The van der Waals surface area contributed by atoms with E-state index in [1.807, 2.05) is 24.3 Å². The number of nitrogens with two attached hydrogens (primary N) is 1. The van der Waals surface area contributed by atoms with Gasteiger partial charge in [-0.3, -0.25) is 0 Å². The molecule has 2 N–H and O–H groups in total. The lowest BCUT2D eigenvalue weighted by Crippen LogP contribution is -2.83. The zero-order valence-corrected chi connectivity index (χ0v) is 11.9. The van der Waals surface area contributed by atoms with E-state index >= 15 is 0 Å². The Morgan fingerprint density at radius 3 is 2.63 bits per heavy atom. The molecule has 2 nitrogen and oxygen atoms in total. The van der Waals surface area contributed by atoms with Gasteiger partial charge in [-0.15, -0.1) is 0 Å². The van der Waals surface area contributed by atoms with Gasteiger partial charge in [0, 0.05) is 17.0 Å². The SMILES string of the molecule is COc1ccc(Cl)cc1C[NH2+]CCc1ccccc1. The largest absolute Gasteiger partial charge is 0.496 e. The average molecular weight is 277 g/mol. The number of hydrogen-bond acceptors (Lipinski definition) is 1. The second-order valence-electron chi connectivity index (χ2n) is 4.47. The summed E-state index contributed by atoms with van der Waals surface area (Å²) in [5, 5.41) is 3.04. The number of halogens is 1. The highest BCUT2D eigenvalue weighted by Gasteiger charge is 2.05. The number of benzene rings is 2. The highest BCUT2D eigenvalue weighted by atomic mass is 35.5. The van der Waals surface area contributed by atoms with Gasteiger partial charge < -0.3 is 10.1 Å². The van der Waals surface area contributed by atoms with Crippen molar-refractivity contribution >= 4 is 11.6 Å². The van der Waals surface area contributed by atoms with Gasteiger partial charge in [-0.05, 0) is 23.8 Å². The van der Waals surface area contributed by atoms with Crippen LogP contribution >= 0.6 is 11.6 Å². The first-order valence-corrected chi connectivity index (χ1v) is 6.85. The highest BCUT2D eigenvalue weighted by molar-refractivity contribution is 6.30. The molecule has 0 saturated heterocycles. The Bertz CT molecular complexity index is 513. The summed E-state index contributed by atoms with van der Waals surface area (Å²) in [5.74, 6) is 0.903. The Hall–Kier alpha value is -1.51. The number of rotatable bonds is 6. The summed E-state index contributed by atoms with van der Waals surface area (Å²) in [5.41, 5.74) is 2.51. The van der Waals surface area contributed by atoms with Crippen LogP contribution < -0.4 is 10.1 Å². The van der Waals surface area contributed by atoms with Gasteiger partial charge in [0.1, 0.15) is 12.3 Å². The normalized spacial score (nSPS) is 10.4. The molecule has 0 saturated carbocycles. The molecule has 0 atom stereocenters. The van der Waals surface area contributed by atoms with Crippen LogP contribution in [0.1, 0.15) is 11.1 Å². The summed E-state index contributed by atoms with van der Waals surface area (Å²) in [4.78, 5) is 0. The van der Waals surface area contributed by atoms with Crippen molar-refractivity contribution in [2.75, 3.05) is 13.7 Å². The third-order valence-electron chi connectivity index (χ3n) is 3.09. The van der Waals surface area contributed by atoms with Crippen LogP contribution in [0.25, 0.3) is 0 Å². The molecule has 0 bridgehead atoms. The van der Waals surface area contributed by atoms with Crippen molar-refractivity contribution in [3.63, 3.8) is 0 Å². The Balaban J connectivity index is 1.84. The third-order valence-corrected chi connectivity index (χ3v) is 3.32. The van der Waals surface area contributed by atoms with E-state index in [9.17, 15) is 0 Å². The summed E-state index contributed by atoms with van der Waals surface area (Å²) in [6, 6.07) is 16.3. The summed E-state index contributed by atoms with van der Waals surface area (Å²) in [7, 11) is 1.69. The van der Waals surface area contributed by atoms with E-state index in [-0.39, 0.29) is 0 Å². The van der Waals surface area contributed by atoms with E-state index < -0.39 is 0 Å². The third kappa shape index (κ3) is 4.27. The minimum absolute atomic E-state index is 0.757. The van der Waals surface area contributed by atoms with Gasteiger partial charge in [0.2, 0.25) is 0 Å². The van der Waals surface area contributed by atoms with E-state index in [4.69, 9.17) is 16.3 Å². The maximum absolute atomic E-state index is 6.01.